The molecular weight excluding hydrogens is 504 g/mol. The van der Waals surface area contributed by atoms with E-state index in [-0.39, 0.29) is 36.4 Å². The van der Waals surface area contributed by atoms with Gasteiger partial charge in [0, 0.05) is 41.2 Å². The van der Waals surface area contributed by atoms with Crippen molar-refractivity contribution in [2.45, 2.75) is 65.2 Å². The molecule has 0 aliphatic heterocycles. The number of fused-ring (bicyclic) bond motifs is 1. The van der Waals surface area contributed by atoms with Crippen molar-refractivity contribution in [3.05, 3.63) is 88.6 Å². The second-order valence-corrected chi connectivity index (χ2v) is 11.3. The van der Waals surface area contributed by atoms with E-state index < -0.39 is 0 Å². The predicted octanol–water partition coefficient (Wildman–Crippen LogP) is 7.13. The van der Waals surface area contributed by atoms with Crippen LogP contribution in [0.1, 0.15) is 67.3 Å². The van der Waals surface area contributed by atoms with Gasteiger partial charge in [0.05, 0.1) is 6.54 Å². The summed E-state index contributed by atoms with van der Waals surface area (Å²) in [6.07, 6.45) is 5.16. The van der Waals surface area contributed by atoms with E-state index >= 15 is 0 Å². The third kappa shape index (κ3) is 7.93. The molecular formula is C33H36N2O3S. The molecule has 0 saturated heterocycles. The Morgan fingerprint density at radius 1 is 0.949 bits per heavy atom. The lowest BCUT2D eigenvalue weighted by Gasteiger charge is -2.16. The highest BCUT2D eigenvalue weighted by molar-refractivity contribution is 7.17. The fourth-order valence-corrected chi connectivity index (χ4v) is 5.90. The van der Waals surface area contributed by atoms with Gasteiger partial charge in [-0.1, -0.05) is 36.4 Å². The SMILES string of the molecule is CC(=O)C[C@H](CC(=O)CNC(=O)CCCCc1cc(C)ccn1)c1ccc(-c2ccc(C)c3sccc23)cc1. The summed E-state index contributed by atoms with van der Waals surface area (Å²) in [5.74, 6) is -0.350. The summed E-state index contributed by atoms with van der Waals surface area (Å²) >= 11 is 1.75. The molecule has 0 aliphatic carbocycles. The smallest absolute Gasteiger partial charge is 0.220 e. The number of carbonyl (C=O) groups is 3. The highest BCUT2D eigenvalue weighted by Crippen LogP contribution is 2.35. The number of carbonyl (C=O) groups excluding carboxylic acids is 3. The first kappa shape index (κ1) is 28.4. The van der Waals surface area contributed by atoms with Crippen molar-refractivity contribution in [2.24, 2.45) is 0 Å². The number of hydrogen-bond donors (Lipinski definition) is 1. The Bertz CT molecular complexity index is 1460. The first-order chi connectivity index (χ1) is 18.8. The molecule has 1 atom stereocenters. The molecule has 0 bridgehead atoms. The van der Waals surface area contributed by atoms with E-state index in [1.165, 1.54) is 26.8 Å². The maximum atomic E-state index is 12.8. The van der Waals surface area contributed by atoms with E-state index in [1.54, 1.807) is 18.3 Å². The standard InChI is InChI=1S/C33H36N2O3S/c1-22-14-16-34-28(18-22)6-4-5-7-32(38)35-21-29(37)20-27(19-24(3)36)25-9-11-26(12-10-25)30-13-8-23(2)33-31(30)15-17-39-33/h8-18,27H,4-7,19-21H2,1-3H3,(H,35,38)/t27-/m1/s1. The number of aryl methyl sites for hydroxylation is 3. The van der Waals surface area contributed by atoms with E-state index in [4.69, 9.17) is 0 Å². The molecule has 0 spiro atoms. The monoisotopic (exact) mass is 540 g/mol. The number of pyridine rings is 1. The maximum absolute atomic E-state index is 12.8. The summed E-state index contributed by atoms with van der Waals surface area (Å²) in [5, 5.41) is 6.12. The van der Waals surface area contributed by atoms with Gasteiger partial charge in [0.2, 0.25) is 5.91 Å². The average Bonchev–Trinajstić information content (AvgIpc) is 3.41. The van der Waals surface area contributed by atoms with Crippen molar-refractivity contribution < 1.29 is 14.4 Å². The van der Waals surface area contributed by atoms with E-state index in [9.17, 15) is 14.4 Å². The Kier molecular flexibility index (Phi) is 9.77. The average molecular weight is 541 g/mol. The number of unbranched alkanes of at least 4 members (excludes halogenated alkanes) is 1. The van der Waals surface area contributed by atoms with E-state index in [0.29, 0.717) is 12.8 Å². The molecule has 1 amide bonds. The molecule has 2 heterocycles. The Morgan fingerprint density at radius 2 is 1.74 bits per heavy atom. The summed E-state index contributed by atoms with van der Waals surface area (Å²) in [6.45, 7) is 5.71. The second kappa shape index (κ2) is 13.4. The predicted molar refractivity (Wildman–Crippen MR) is 159 cm³/mol. The zero-order valence-electron chi connectivity index (χ0n) is 23.0. The van der Waals surface area contributed by atoms with Gasteiger partial charge < -0.3 is 10.1 Å². The minimum Gasteiger partial charge on any atom is -0.349 e. The topological polar surface area (TPSA) is 76.1 Å². The highest BCUT2D eigenvalue weighted by atomic mass is 32.1. The third-order valence-electron chi connectivity index (χ3n) is 7.06. The first-order valence-corrected chi connectivity index (χ1v) is 14.4. The van der Waals surface area contributed by atoms with Crippen LogP contribution in [0.3, 0.4) is 0 Å². The van der Waals surface area contributed by atoms with Crippen LogP contribution in [0, 0.1) is 13.8 Å². The quantitative estimate of drug-likeness (QED) is 0.183. The molecule has 202 valence electrons. The van der Waals surface area contributed by atoms with E-state index in [2.05, 4.69) is 59.0 Å². The van der Waals surface area contributed by atoms with Crippen molar-refractivity contribution in [1.29, 1.82) is 0 Å². The van der Waals surface area contributed by atoms with Crippen molar-refractivity contribution >= 4 is 38.9 Å². The zero-order chi connectivity index (χ0) is 27.8. The van der Waals surface area contributed by atoms with Crippen LogP contribution in [-0.2, 0) is 20.8 Å². The van der Waals surface area contributed by atoms with Crippen molar-refractivity contribution in [2.75, 3.05) is 6.54 Å². The fraction of sp³-hybridized carbons (Fsp3) is 0.333. The number of aromatic nitrogens is 1. The summed E-state index contributed by atoms with van der Waals surface area (Å²) < 4.78 is 1.29. The normalized spacial score (nSPS) is 11.9. The summed E-state index contributed by atoms with van der Waals surface area (Å²) in [7, 11) is 0. The maximum Gasteiger partial charge on any atom is 0.220 e. The lowest BCUT2D eigenvalue weighted by Crippen LogP contribution is -2.30. The molecule has 2 aromatic carbocycles. The second-order valence-electron chi connectivity index (χ2n) is 10.4. The Morgan fingerprint density at radius 3 is 2.49 bits per heavy atom. The summed E-state index contributed by atoms with van der Waals surface area (Å²) in [4.78, 5) is 41.4. The first-order valence-electron chi connectivity index (χ1n) is 13.6. The van der Waals surface area contributed by atoms with Gasteiger partial charge in [-0.15, -0.1) is 11.3 Å². The number of ketones is 2. The van der Waals surface area contributed by atoms with Crippen LogP contribution >= 0.6 is 11.3 Å². The molecule has 4 rings (SSSR count). The molecule has 5 nitrogen and oxygen atoms in total. The van der Waals surface area contributed by atoms with E-state index in [1.807, 2.05) is 31.3 Å². The van der Waals surface area contributed by atoms with Crippen LogP contribution in [0.5, 0.6) is 0 Å². The number of hydrogen-bond acceptors (Lipinski definition) is 5. The van der Waals surface area contributed by atoms with Gasteiger partial charge in [0.1, 0.15) is 5.78 Å². The van der Waals surface area contributed by atoms with Gasteiger partial charge >= 0.3 is 0 Å². The minimum atomic E-state index is -0.207. The van der Waals surface area contributed by atoms with Crippen LogP contribution in [-0.4, -0.2) is 29.0 Å². The summed E-state index contributed by atoms with van der Waals surface area (Å²) in [5.41, 5.74) is 6.75. The zero-order valence-corrected chi connectivity index (χ0v) is 23.8. The van der Waals surface area contributed by atoms with Gasteiger partial charge in [-0.3, -0.25) is 14.6 Å². The summed E-state index contributed by atoms with van der Waals surface area (Å²) in [6, 6.07) is 18.7. The molecule has 0 saturated carbocycles. The van der Waals surface area contributed by atoms with Gasteiger partial charge in [0.25, 0.3) is 0 Å². The van der Waals surface area contributed by atoms with E-state index in [0.717, 1.165) is 36.1 Å². The molecule has 0 fully saturated rings. The number of nitrogens with one attached hydrogen (secondary N) is 1. The number of rotatable bonds is 13. The third-order valence-corrected chi connectivity index (χ3v) is 8.11. The largest absolute Gasteiger partial charge is 0.349 e. The minimum absolute atomic E-state index is 0.00966. The Hall–Kier alpha value is -3.64. The van der Waals surface area contributed by atoms with Gasteiger partial charge in [0.15, 0.2) is 5.78 Å². The number of thiophene rings is 1. The van der Waals surface area contributed by atoms with Crippen LogP contribution in [0.15, 0.2) is 66.2 Å². The van der Waals surface area contributed by atoms with Gasteiger partial charge in [-0.25, -0.2) is 0 Å². The molecule has 2 aromatic heterocycles. The lowest BCUT2D eigenvalue weighted by molar-refractivity contribution is -0.125. The van der Waals surface area contributed by atoms with Gasteiger partial charge in [-0.05, 0) is 97.3 Å². The molecule has 4 aromatic rings. The van der Waals surface area contributed by atoms with Gasteiger partial charge in [-0.2, -0.15) is 0 Å². The Balaban J connectivity index is 1.30. The van der Waals surface area contributed by atoms with Crippen molar-refractivity contribution in [3.63, 3.8) is 0 Å². The van der Waals surface area contributed by atoms with Crippen molar-refractivity contribution in [1.82, 2.24) is 10.3 Å². The van der Waals surface area contributed by atoms with Crippen LogP contribution in [0.4, 0.5) is 0 Å². The van der Waals surface area contributed by atoms with Crippen LogP contribution in [0.25, 0.3) is 21.2 Å². The number of amides is 1. The van der Waals surface area contributed by atoms with Crippen LogP contribution < -0.4 is 5.32 Å². The Labute approximate surface area is 234 Å². The highest BCUT2D eigenvalue weighted by Gasteiger charge is 2.19. The number of nitrogens with zero attached hydrogens (tertiary/aromatic N) is 1. The molecule has 0 radical (unpaired) electrons. The molecule has 1 N–H and O–H groups in total. The molecule has 0 unspecified atom stereocenters. The molecule has 39 heavy (non-hydrogen) atoms. The molecule has 6 heteroatoms. The van der Waals surface area contributed by atoms with Crippen LogP contribution in [0.2, 0.25) is 0 Å². The number of benzene rings is 2. The molecule has 0 aliphatic rings. The fourth-order valence-electron chi connectivity index (χ4n) is 5.00. The lowest BCUT2D eigenvalue weighted by atomic mass is 9.88. The van der Waals surface area contributed by atoms with Crippen molar-refractivity contribution in [3.8, 4) is 11.1 Å². The number of Topliss-reactive ketones (excluding diaryl/α,β-unsaturated/α-hetero) is 2.